The summed E-state index contributed by atoms with van der Waals surface area (Å²) in [7, 11) is 0. The molecule has 6 heteroatoms. The van der Waals surface area contributed by atoms with Crippen LogP contribution in [0.25, 0.3) is 10.9 Å². The molecule has 0 bridgehead atoms. The van der Waals surface area contributed by atoms with E-state index in [9.17, 15) is 9.59 Å². The molecule has 27 heavy (non-hydrogen) atoms. The van der Waals surface area contributed by atoms with E-state index in [1.165, 1.54) is 5.56 Å². The zero-order chi connectivity index (χ0) is 19.0. The van der Waals surface area contributed by atoms with Crippen LogP contribution >= 0.6 is 0 Å². The summed E-state index contributed by atoms with van der Waals surface area (Å²) >= 11 is 0. The van der Waals surface area contributed by atoms with Crippen molar-refractivity contribution in [3.63, 3.8) is 0 Å². The Bertz CT molecular complexity index is 1090. The van der Waals surface area contributed by atoms with Crippen molar-refractivity contribution < 1.29 is 9.53 Å². The van der Waals surface area contributed by atoms with Crippen molar-refractivity contribution in [2.24, 2.45) is 0 Å². The monoisotopic (exact) mass is 363 g/mol. The van der Waals surface area contributed by atoms with Gasteiger partial charge in [0.15, 0.2) is 0 Å². The number of benzene rings is 2. The predicted molar refractivity (Wildman–Crippen MR) is 104 cm³/mol. The molecule has 4 rings (SSSR count). The van der Waals surface area contributed by atoms with Gasteiger partial charge in [0.05, 0.1) is 30.3 Å². The number of rotatable bonds is 4. The Morgan fingerprint density at radius 1 is 1.26 bits per heavy atom. The van der Waals surface area contributed by atoms with Gasteiger partial charge in [0.1, 0.15) is 5.75 Å². The van der Waals surface area contributed by atoms with E-state index >= 15 is 0 Å². The van der Waals surface area contributed by atoms with Crippen LogP contribution in [0.3, 0.4) is 0 Å². The summed E-state index contributed by atoms with van der Waals surface area (Å²) in [5, 5.41) is 3.37. The third-order valence-corrected chi connectivity index (χ3v) is 4.75. The van der Waals surface area contributed by atoms with E-state index in [4.69, 9.17) is 4.74 Å². The van der Waals surface area contributed by atoms with E-state index < -0.39 is 0 Å². The van der Waals surface area contributed by atoms with Crippen LogP contribution in [0.1, 0.15) is 31.0 Å². The molecular formula is C21H21N3O3. The van der Waals surface area contributed by atoms with Gasteiger partial charge < -0.3 is 10.1 Å². The Morgan fingerprint density at radius 3 is 2.93 bits per heavy atom. The number of hydrogen-bond acceptors (Lipinski definition) is 4. The van der Waals surface area contributed by atoms with Crippen molar-refractivity contribution in [2.75, 3.05) is 11.9 Å². The van der Waals surface area contributed by atoms with E-state index in [1.807, 2.05) is 32.0 Å². The van der Waals surface area contributed by atoms with Gasteiger partial charge in [-0.3, -0.25) is 14.2 Å². The quantitative estimate of drug-likeness (QED) is 0.773. The second-order valence-electron chi connectivity index (χ2n) is 7.05. The molecule has 1 aliphatic heterocycles. The van der Waals surface area contributed by atoms with Crippen molar-refractivity contribution in [3.05, 3.63) is 64.2 Å². The van der Waals surface area contributed by atoms with Gasteiger partial charge in [-0.25, -0.2) is 4.98 Å². The van der Waals surface area contributed by atoms with Gasteiger partial charge in [0, 0.05) is 18.2 Å². The fourth-order valence-corrected chi connectivity index (χ4v) is 3.29. The molecule has 0 atom stereocenters. The maximum atomic E-state index is 12.6. The lowest BCUT2D eigenvalue weighted by molar-refractivity contribution is -0.115. The number of nitrogens with zero attached hydrogens (tertiary/aromatic N) is 2. The third kappa shape index (κ3) is 3.43. The average Bonchev–Trinajstić information content (AvgIpc) is 3.10. The topological polar surface area (TPSA) is 73.2 Å². The lowest BCUT2D eigenvalue weighted by atomic mass is 10.1. The number of hydrogen-bond donors (Lipinski definition) is 1. The van der Waals surface area contributed by atoms with Crippen LogP contribution in [0, 0.1) is 0 Å². The molecule has 0 spiro atoms. The van der Waals surface area contributed by atoms with Crippen molar-refractivity contribution in [3.8, 4) is 5.75 Å². The van der Waals surface area contributed by atoms with Gasteiger partial charge in [-0.2, -0.15) is 0 Å². The zero-order valence-electron chi connectivity index (χ0n) is 15.4. The van der Waals surface area contributed by atoms with E-state index in [0.29, 0.717) is 23.2 Å². The van der Waals surface area contributed by atoms with Gasteiger partial charge in [-0.1, -0.05) is 12.1 Å². The highest BCUT2D eigenvalue weighted by atomic mass is 16.5. The van der Waals surface area contributed by atoms with E-state index in [1.54, 1.807) is 29.1 Å². The smallest absolute Gasteiger partial charge is 0.261 e. The number of carbonyl (C=O) groups excluding carboxylic acids is 1. The summed E-state index contributed by atoms with van der Waals surface area (Å²) in [4.78, 5) is 29.4. The molecule has 3 aromatic rings. The molecule has 2 aromatic carbocycles. The fraction of sp³-hybridized carbons (Fsp3) is 0.286. The first-order valence-corrected chi connectivity index (χ1v) is 9.06. The van der Waals surface area contributed by atoms with Gasteiger partial charge in [0.25, 0.3) is 5.56 Å². The number of nitrogens with one attached hydrogen (secondary N) is 1. The molecule has 1 N–H and O–H groups in total. The van der Waals surface area contributed by atoms with E-state index in [-0.39, 0.29) is 23.9 Å². The molecule has 1 aliphatic rings. The normalized spacial score (nSPS) is 12.9. The lowest BCUT2D eigenvalue weighted by Gasteiger charge is -2.11. The van der Waals surface area contributed by atoms with Crippen molar-refractivity contribution in [2.45, 2.75) is 32.7 Å². The molecular weight excluding hydrogens is 342 g/mol. The number of fused-ring (bicyclic) bond motifs is 2. The number of anilines is 1. The van der Waals surface area contributed by atoms with Crippen LogP contribution < -0.4 is 15.6 Å². The minimum atomic E-state index is -0.139. The third-order valence-electron chi connectivity index (χ3n) is 4.75. The minimum Gasteiger partial charge on any atom is -0.493 e. The summed E-state index contributed by atoms with van der Waals surface area (Å²) in [6.45, 7) is 4.56. The van der Waals surface area contributed by atoms with Gasteiger partial charge in [-0.15, -0.1) is 0 Å². The number of ether oxygens (including phenoxy) is 1. The average molecular weight is 363 g/mol. The first-order valence-electron chi connectivity index (χ1n) is 9.06. The molecule has 0 fully saturated rings. The Kier molecular flexibility index (Phi) is 4.39. The van der Waals surface area contributed by atoms with Crippen LogP contribution in [0.15, 0.2) is 47.5 Å². The molecule has 1 aromatic heterocycles. The molecule has 0 radical (unpaired) electrons. The van der Waals surface area contributed by atoms with Crippen molar-refractivity contribution in [1.82, 2.24) is 9.55 Å². The van der Waals surface area contributed by atoms with Crippen LogP contribution in [0.5, 0.6) is 5.75 Å². The zero-order valence-corrected chi connectivity index (χ0v) is 15.4. The highest BCUT2D eigenvalue weighted by Crippen LogP contribution is 2.26. The maximum absolute atomic E-state index is 12.6. The van der Waals surface area contributed by atoms with Crippen molar-refractivity contribution in [1.29, 1.82) is 0 Å². The molecule has 0 aliphatic carbocycles. The lowest BCUT2D eigenvalue weighted by Crippen LogP contribution is -2.22. The summed E-state index contributed by atoms with van der Waals surface area (Å²) < 4.78 is 7.14. The minimum absolute atomic E-state index is 0.0228. The number of aromatic nitrogens is 2. The van der Waals surface area contributed by atoms with Crippen LogP contribution in [-0.2, 0) is 17.6 Å². The number of amides is 1. The first-order chi connectivity index (χ1) is 13.0. The predicted octanol–water partition coefficient (Wildman–Crippen LogP) is 3.09. The Morgan fingerprint density at radius 2 is 2.11 bits per heavy atom. The SMILES string of the molecule is CC(C)n1cnc2ccc(NC(=O)Cc3ccc4c(c3)OCC4)cc2c1=O. The Labute approximate surface area is 156 Å². The van der Waals surface area contributed by atoms with Crippen molar-refractivity contribution >= 4 is 22.5 Å². The summed E-state index contributed by atoms with van der Waals surface area (Å²) in [6.07, 6.45) is 2.72. The summed E-state index contributed by atoms with van der Waals surface area (Å²) in [5.74, 6) is 0.728. The summed E-state index contributed by atoms with van der Waals surface area (Å²) in [6, 6.07) is 11.1. The molecule has 0 saturated heterocycles. The molecule has 0 unspecified atom stereocenters. The summed E-state index contributed by atoms with van der Waals surface area (Å²) in [5.41, 5.74) is 3.18. The maximum Gasteiger partial charge on any atom is 0.261 e. The van der Waals surface area contributed by atoms with E-state index in [0.717, 1.165) is 17.7 Å². The molecule has 1 amide bonds. The molecule has 2 heterocycles. The van der Waals surface area contributed by atoms with E-state index in [2.05, 4.69) is 10.3 Å². The first kappa shape index (κ1) is 17.3. The molecule has 138 valence electrons. The molecule has 0 saturated carbocycles. The van der Waals surface area contributed by atoms with Crippen LogP contribution in [0.2, 0.25) is 0 Å². The fourth-order valence-electron chi connectivity index (χ4n) is 3.29. The van der Waals surface area contributed by atoms with Crippen LogP contribution in [-0.4, -0.2) is 22.1 Å². The van der Waals surface area contributed by atoms with Gasteiger partial charge >= 0.3 is 0 Å². The van der Waals surface area contributed by atoms with Gasteiger partial charge in [-0.05, 0) is 49.2 Å². The Balaban J connectivity index is 1.55. The van der Waals surface area contributed by atoms with Crippen LogP contribution in [0.4, 0.5) is 5.69 Å². The molecule has 6 nitrogen and oxygen atoms in total. The second-order valence-corrected chi connectivity index (χ2v) is 7.05. The highest BCUT2D eigenvalue weighted by Gasteiger charge is 2.14. The largest absolute Gasteiger partial charge is 0.493 e. The Hall–Kier alpha value is -3.15. The number of carbonyl (C=O) groups is 1. The van der Waals surface area contributed by atoms with Gasteiger partial charge in [0.2, 0.25) is 5.91 Å². The second kappa shape index (κ2) is 6.87. The standard InChI is InChI=1S/C21H21N3O3/c1-13(2)24-12-22-18-6-5-16(11-17(18)21(24)26)23-20(25)10-14-3-4-15-7-8-27-19(15)9-14/h3-6,9,11-13H,7-8,10H2,1-2H3,(H,23,25). The highest BCUT2D eigenvalue weighted by molar-refractivity contribution is 5.94.